The van der Waals surface area contributed by atoms with Gasteiger partial charge in [-0.2, -0.15) is 0 Å². The molecule has 4 aromatic carbocycles. The minimum atomic E-state index is -0.557. The van der Waals surface area contributed by atoms with E-state index < -0.39 is 52.3 Å². The highest BCUT2D eigenvalue weighted by Gasteiger charge is 2.34. The number of fused-ring (bicyclic) bond motifs is 4. The Balaban J connectivity index is 1.77. The molecule has 0 radical (unpaired) electrons. The number of hydrogen-bond acceptors (Lipinski definition) is 10. The van der Waals surface area contributed by atoms with E-state index in [4.69, 9.17) is 9.47 Å². The molecule has 194 valence electrons. The average Bonchev–Trinajstić information content (AvgIpc) is 2.82. The molecular formula is C28H22O10. The number of ketones is 2. The highest BCUT2D eigenvalue weighted by molar-refractivity contribution is 6.19. The van der Waals surface area contributed by atoms with Crippen molar-refractivity contribution in [2.24, 2.45) is 5.92 Å². The quantitative estimate of drug-likeness (QED) is 0.211. The van der Waals surface area contributed by atoms with Crippen molar-refractivity contribution in [3.05, 3.63) is 35.4 Å². The number of aromatic hydroxyl groups is 6. The van der Waals surface area contributed by atoms with Gasteiger partial charge in [0.1, 0.15) is 63.2 Å². The van der Waals surface area contributed by atoms with E-state index in [0.29, 0.717) is 0 Å². The minimum Gasteiger partial charge on any atom is -0.507 e. The standard InChI is InChI=1S/C28H22O10/c1-9-8-37-18-4-11-20(14(30)7-17(33)23(11)28(36)25(18)26(9)34)21-12-5-19-24(13(29)3-10(2)38-19)27(35)22(12)16(32)6-15(21)31/h4-7,9-10,30-33,35-36H,3,8H2,1-2H3. The van der Waals surface area contributed by atoms with Crippen LogP contribution in [0.3, 0.4) is 0 Å². The maximum Gasteiger partial charge on any atom is 0.176 e. The van der Waals surface area contributed by atoms with Crippen molar-refractivity contribution in [3.8, 4) is 57.1 Å². The zero-order valence-corrected chi connectivity index (χ0v) is 20.2. The number of benzene rings is 4. The van der Waals surface area contributed by atoms with Crippen molar-refractivity contribution in [2.75, 3.05) is 6.61 Å². The third-order valence-electron chi connectivity index (χ3n) is 7.15. The fourth-order valence-corrected chi connectivity index (χ4v) is 5.42. The summed E-state index contributed by atoms with van der Waals surface area (Å²) < 4.78 is 11.4. The van der Waals surface area contributed by atoms with E-state index in [1.165, 1.54) is 12.1 Å². The molecule has 0 bridgehead atoms. The zero-order chi connectivity index (χ0) is 27.2. The van der Waals surface area contributed by atoms with E-state index in [1.54, 1.807) is 13.8 Å². The second-order valence-electron chi connectivity index (χ2n) is 9.75. The Hall–Kier alpha value is -4.86. The first kappa shape index (κ1) is 23.5. The lowest BCUT2D eigenvalue weighted by atomic mass is 9.86. The number of carbonyl (C=O) groups is 2. The van der Waals surface area contributed by atoms with Crippen LogP contribution in [-0.2, 0) is 0 Å². The summed E-state index contributed by atoms with van der Waals surface area (Å²) in [5.74, 6) is -4.47. The van der Waals surface area contributed by atoms with Crippen LogP contribution >= 0.6 is 0 Å². The maximum atomic E-state index is 12.8. The van der Waals surface area contributed by atoms with E-state index >= 15 is 0 Å². The summed E-state index contributed by atoms with van der Waals surface area (Å²) in [6.45, 7) is 3.36. The molecule has 2 heterocycles. The maximum absolute atomic E-state index is 12.8. The van der Waals surface area contributed by atoms with Crippen LogP contribution in [0.25, 0.3) is 32.7 Å². The van der Waals surface area contributed by atoms with Gasteiger partial charge in [0.15, 0.2) is 11.6 Å². The van der Waals surface area contributed by atoms with Gasteiger partial charge in [0.05, 0.1) is 23.3 Å². The van der Waals surface area contributed by atoms with Crippen LogP contribution in [0.2, 0.25) is 0 Å². The molecule has 2 atom stereocenters. The second-order valence-corrected chi connectivity index (χ2v) is 9.75. The first-order chi connectivity index (χ1) is 18.0. The summed E-state index contributed by atoms with van der Waals surface area (Å²) in [4.78, 5) is 25.5. The van der Waals surface area contributed by atoms with E-state index in [-0.39, 0.29) is 74.1 Å². The van der Waals surface area contributed by atoms with Gasteiger partial charge in [0, 0.05) is 40.5 Å². The number of hydrogen-bond donors (Lipinski definition) is 6. The first-order valence-electron chi connectivity index (χ1n) is 11.9. The lowest BCUT2D eigenvalue weighted by molar-refractivity contribution is 0.0841. The van der Waals surface area contributed by atoms with Crippen LogP contribution in [0.1, 0.15) is 41.0 Å². The normalized spacial score (nSPS) is 18.7. The van der Waals surface area contributed by atoms with Crippen molar-refractivity contribution in [1.82, 2.24) is 0 Å². The van der Waals surface area contributed by atoms with Gasteiger partial charge in [-0.3, -0.25) is 9.59 Å². The molecular weight excluding hydrogens is 496 g/mol. The van der Waals surface area contributed by atoms with E-state index in [9.17, 15) is 40.2 Å². The van der Waals surface area contributed by atoms with Gasteiger partial charge in [-0.05, 0) is 19.1 Å². The monoisotopic (exact) mass is 518 g/mol. The molecule has 2 aliphatic rings. The zero-order valence-electron chi connectivity index (χ0n) is 20.2. The van der Waals surface area contributed by atoms with Gasteiger partial charge in [-0.1, -0.05) is 6.92 Å². The van der Waals surface area contributed by atoms with Crippen LogP contribution in [0.5, 0.6) is 46.0 Å². The number of phenols is 6. The van der Waals surface area contributed by atoms with Crippen LogP contribution in [0.15, 0.2) is 24.3 Å². The summed E-state index contributed by atoms with van der Waals surface area (Å²) in [5, 5.41) is 65.1. The Bertz CT molecular complexity index is 1750. The molecule has 2 unspecified atom stereocenters. The molecule has 0 saturated carbocycles. The first-order valence-corrected chi connectivity index (χ1v) is 11.9. The summed E-state index contributed by atoms with van der Waals surface area (Å²) in [5.41, 5.74) is -0.421. The Kier molecular flexibility index (Phi) is 4.84. The third-order valence-corrected chi connectivity index (χ3v) is 7.15. The fraction of sp³-hybridized carbons (Fsp3) is 0.214. The van der Waals surface area contributed by atoms with E-state index in [0.717, 1.165) is 12.1 Å². The molecule has 4 aromatic rings. The molecule has 6 N–H and O–H groups in total. The van der Waals surface area contributed by atoms with Crippen LogP contribution in [-0.4, -0.2) is 54.9 Å². The van der Waals surface area contributed by atoms with Crippen molar-refractivity contribution in [1.29, 1.82) is 0 Å². The molecule has 0 amide bonds. The number of ether oxygens (including phenoxy) is 2. The summed E-state index contributed by atoms with van der Waals surface area (Å²) in [6, 6.07) is 4.62. The molecule has 6 rings (SSSR count). The van der Waals surface area contributed by atoms with Crippen LogP contribution in [0.4, 0.5) is 0 Å². The Morgan fingerprint density at radius 1 is 0.684 bits per heavy atom. The molecule has 0 aliphatic carbocycles. The molecule has 10 nitrogen and oxygen atoms in total. The lowest BCUT2D eigenvalue weighted by Gasteiger charge is -2.26. The van der Waals surface area contributed by atoms with E-state index in [2.05, 4.69) is 0 Å². The molecule has 0 saturated heterocycles. The van der Waals surface area contributed by atoms with Gasteiger partial charge in [-0.25, -0.2) is 0 Å². The predicted octanol–water partition coefficient (Wildman–Crippen LogP) is 4.46. The fourth-order valence-electron chi connectivity index (χ4n) is 5.42. The topological polar surface area (TPSA) is 174 Å². The average molecular weight is 518 g/mol. The minimum absolute atomic E-state index is 0.0167. The van der Waals surface area contributed by atoms with Gasteiger partial charge in [0.25, 0.3) is 0 Å². The van der Waals surface area contributed by atoms with Crippen LogP contribution in [0, 0.1) is 5.92 Å². The molecule has 38 heavy (non-hydrogen) atoms. The summed E-state index contributed by atoms with van der Waals surface area (Å²) in [7, 11) is 0. The Morgan fingerprint density at radius 3 is 1.79 bits per heavy atom. The molecule has 0 fully saturated rings. The SMILES string of the molecule is CC1CC(=O)c2c(cc3c(-c4c(O)cc(O)c5c(O)c6c(cc45)OCC(C)C6=O)c(O)cc(O)c3c2O)O1. The van der Waals surface area contributed by atoms with Gasteiger partial charge < -0.3 is 40.1 Å². The number of Topliss-reactive ketones (excluding diaryl/α,β-unsaturated/α-hetero) is 2. The number of rotatable bonds is 1. The van der Waals surface area contributed by atoms with Crippen LogP contribution < -0.4 is 9.47 Å². The van der Waals surface area contributed by atoms with E-state index in [1.807, 2.05) is 0 Å². The Labute approximate surface area is 214 Å². The van der Waals surface area contributed by atoms with Gasteiger partial charge in [-0.15, -0.1) is 0 Å². The highest BCUT2D eigenvalue weighted by atomic mass is 16.5. The Morgan fingerprint density at radius 2 is 1.21 bits per heavy atom. The van der Waals surface area contributed by atoms with Crippen molar-refractivity contribution >= 4 is 33.1 Å². The predicted molar refractivity (Wildman–Crippen MR) is 135 cm³/mol. The summed E-state index contributed by atoms with van der Waals surface area (Å²) >= 11 is 0. The number of phenolic OH excluding ortho intramolecular Hbond substituents is 6. The largest absolute Gasteiger partial charge is 0.507 e. The highest BCUT2D eigenvalue weighted by Crippen LogP contribution is 2.55. The molecule has 2 aliphatic heterocycles. The van der Waals surface area contributed by atoms with Crippen molar-refractivity contribution in [2.45, 2.75) is 26.4 Å². The molecule has 10 heteroatoms. The van der Waals surface area contributed by atoms with Gasteiger partial charge >= 0.3 is 0 Å². The van der Waals surface area contributed by atoms with Gasteiger partial charge in [0.2, 0.25) is 0 Å². The third kappa shape index (κ3) is 3.06. The molecule has 0 spiro atoms. The summed E-state index contributed by atoms with van der Waals surface area (Å²) in [6.07, 6.45) is -0.479. The smallest absolute Gasteiger partial charge is 0.176 e. The molecule has 0 aromatic heterocycles. The lowest BCUT2D eigenvalue weighted by Crippen LogP contribution is -2.25. The van der Waals surface area contributed by atoms with Crippen molar-refractivity contribution in [3.63, 3.8) is 0 Å². The number of carbonyl (C=O) groups excluding carboxylic acids is 2. The van der Waals surface area contributed by atoms with Crippen molar-refractivity contribution < 1.29 is 49.7 Å². The second kappa shape index (κ2) is 7.82.